The van der Waals surface area contributed by atoms with Crippen LogP contribution >= 0.6 is 11.6 Å². The first kappa shape index (κ1) is 20.0. The molecule has 7 heteroatoms. The Labute approximate surface area is 176 Å². The van der Waals surface area contributed by atoms with Gasteiger partial charge in [-0.05, 0) is 69.0 Å². The number of fused-ring (bicyclic) bond motifs is 1. The average Bonchev–Trinajstić information content (AvgIpc) is 2.70. The Morgan fingerprint density at radius 2 is 2.03 bits per heavy atom. The number of aryl methyl sites for hydroxylation is 1. The topological polar surface area (TPSA) is 77.7 Å². The molecule has 1 aromatic heterocycles. The Hall–Kier alpha value is -2.31. The van der Waals surface area contributed by atoms with Crippen molar-refractivity contribution in [1.82, 2.24) is 9.88 Å². The van der Waals surface area contributed by atoms with Gasteiger partial charge in [-0.15, -0.1) is 0 Å². The third kappa shape index (κ3) is 4.82. The van der Waals surface area contributed by atoms with Gasteiger partial charge in [-0.2, -0.15) is 0 Å². The fraction of sp³-hybridized carbons (Fsp3) is 0.455. The number of nitrogens with two attached hydrogens (primary N) is 1. The van der Waals surface area contributed by atoms with Crippen LogP contribution in [0.1, 0.15) is 34.6 Å². The van der Waals surface area contributed by atoms with Crippen molar-refractivity contribution in [2.24, 2.45) is 11.7 Å². The van der Waals surface area contributed by atoms with Crippen LogP contribution in [-0.4, -0.2) is 48.1 Å². The van der Waals surface area contributed by atoms with Gasteiger partial charge in [-0.25, -0.2) is 4.98 Å². The van der Waals surface area contributed by atoms with Crippen LogP contribution in [0.25, 0.3) is 0 Å². The van der Waals surface area contributed by atoms with Gasteiger partial charge in [-0.3, -0.25) is 9.69 Å². The van der Waals surface area contributed by atoms with Crippen LogP contribution < -0.4 is 15.2 Å². The molecule has 4 rings (SSSR count). The number of primary amides is 1. The van der Waals surface area contributed by atoms with Gasteiger partial charge in [0.15, 0.2) is 11.5 Å². The number of benzene rings is 1. The number of amides is 1. The number of ether oxygens (including phenoxy) is 2. The molecule has 1 aromatic carbocycles. The molecule has 0 aliphatic carbocycles. The number of rotatable bonds is 5. The molecule has 3 heterocycles. The number of carbonyl (C=O) groups is 1. The summed E-state index contributed by atoms with van der Waals surface area (Å²) in [7, 11) is 0. The van der Waals surface area contributed by atoms with E-state index in [-0.39, 0.29) is 6.10 Å². The molecule has 0 radical (unpaired) electrons. The predicted octanol–water partition coefficient (Wildman–Crippen LogP) is 3.24. The van der Waals surface area contributed by atoms with Crippen LogP contribution in [0.15, 0.2) is 30.3 Å². The van der Waals surface area contributed by atoms with E-state index in [0.717, 1.165) is 61.7 Å². The quantitative estimate of drug-likeness (QED) is 0.811. The van der Waals surface area contributed by atoms with Crippen molar-refractivity contribution in [3.63, 3.8) is 0 Å². The third-order valence-electron chi connectivity index (χ3n) is 5.65. The van der Waals surface area contributed by atoms with Gasteiger partial charge in [0, 0.05) is 23.3 Å². The van der Waals surface area contributed by atoms with Crippen molar-refractivity contribution < 1.29 is 14.3 Å². The largest absolute Gasteiger partial charge is 0.486 e. The summed E-state index contributed by atoms with van der Waals surface area (Å²) in [4.78, 5) is 18.5. The van der Waals surface area contributed by atoms with Crippen LogP contribution in [0.3, 0.4) is 0 Å². The first-order chi connectivity index (χ1) is 14.0. The average molecular weight is 416 g/mol. The molecule has 1 atom stereocenters. The van der Waals surface area contributed by atoms with E-state index < -0.39 is 5.91 Å². The Bertz CT molecular complexity index is 897. The van der Waals surface area contributed by atoms with Gasteiger partial charge in [-0.1, -0.05) is 17.7 Å². The molecule has 6 nitrogen and oxygen atoms in total. The number of hydrogen-bond acceptors (Lipinski definition) is 5. The van der Waals surface area contributed by atoms with Crippen LogP contribution in [0.4, 0.5) is 0 Å². The van der Waals surface area contributed by atoms with Gasteiger partial charge in [0.2, 0.25) is 0 Å². The van der Waals surface area contributed by atoms with Crippen LogP contribution in [-0.2, 0) is 6.42 Å². The van der Waals surface area contributed by atoms with E-state index in [2.05, 4.69) is 9.88 Å². The molecular formula is C22H26ClN3O3. The third-order valence-corrected chi connectivity index (χ3v) is 5.89. The molecule has 154 valence electrons. The lowest BCUT2D eigenvalue weighted by molar-refractivity contribution is 0.0478. The number of halogens is 1. The van der Waals surface area contributed by atoms with E-state index in [1.807, 2.05) is 31.2 Å². The lowest BCUT2D eigenvalue weighted by atomic mass is 9.89. The number of aromatic nitrogens is 1. The molecular weight excluding hydrogens is 390 g/mol. The van der Waals surface area contributed by atoms with Gasteiger partial charge >= 0.3 is 0 Å². The van der Waals surface area contributed by atoms with Crippen molar-refractivity contribution >= 4 is 17.5 Å². The lowest BCUT2D eigenvalue weighted by Gasteiger charge is -2.35. The Kier molecular flexibility index (Phi) is 5.92. The standard InChI is InChI=1S/C22H26ClN3O3/c1-14-2-3-16(21(25-14)22(24)27)10-15-6-8-26(9-7-15)12-18-13-28-19-5-4-17(23)11-20(19)29-18/h2-5,11,15,18H,6-10,12-13H2,1H3,(H2,24,27). The molecule has 2 aliphatic rings. The van der Waals surface area contributed by atoms with Crippen LogP contribution in [0, 0.1) is 12.8 Å². The highest BCUT2D eigenvalue weighted by atomic mass is 35.5. The van der Waals surface area contributed by atoms with Crippen molar-refractivity contribution in [3.8, 4) is 11.5 Å². The second-order valence-corrected chi connectivity index (χ2v) is 8.35. The monoisotopic (exact) mass is 415 g/mol. The molecule has 2 aliphatic heterocycles. The summed E-state index contributed by atoms with van der Waals surface area (Å²) in [6.45, 7) is 5.25. The van der Waals surface area contributed by atoms with E-state index >= 15 is 0 Å². The zero-order valence-electron chi connectivity index (χ0n) is 16.6. The predicted molar refractivity (Wildman–Crippen MR) is 112 cm³/mol. The van der Waals surface area contributed by atoms with Crippen molar-refractivity contribution in [3.05, 3.63) is 52.3 Å². The minimum absolute atomic E-state index is 0.000259. The normalized spacial score (nSPS) is 19.9. The number of carbonyl (C=O) groups excluding carboxylic acids is 1. The zero-order valence-corrected chi connectivity index (χ0v) is 17.3. The maximum absolute atomic E-state index is 11.7. The van der Waals surface area contributed by atoms with Crippen LogP contribution in [0.2, 0.25) is 5.02 Å². The summed E-state index contributed by atoms with van der Waals surface area (Å²) in [6.07, 6.45) is 2.98. The molecule has 0 saturated carbocycles. The molecule has 1 unspecified atom stereocenters. The summed E-state index contributed by atoms with van der Waals surface area (Å²) >= 11 is 6.06. The van der Waals surface area contributed by atoms with Crippen LogP contribution in [0.5, 0.6) is 11.5 Å². The zero-order chi connectivity index (χ0) is 20.4. The minimum Gasteiger partial charge on any atom is -0.486 e. The second kappa shape index (κ2) is 8.59. The van der Waals surface area contributed by atoms with Crippen molar-refractivity contribution in [2.75, 3.05) is 26.2 Å². The molecule has 1 fully saturated rings. The first-order valence-electron chi connectivity index (χ1n) is 10.1. The van der Waals surface area contributed by atoms with Crippen molar-refractivity contribution in [1.29, 1.82) is 0 Å². The molecule has 29 heavy (non-hydrogen) atoms. The molecule has 0 bridgehead atoms. The molecule has 2 aromatic rings. The van der Waals surface area contributed by atoms with Crippen molar-refractivity contribution in [2.45, 2.75) is 32.3 Å². The molecule has 1 amide bonds. The van der Waals surface area contributed by atoms with Gasteiger partial charge in [0.05, 0.1) is 0 Å². The first-order valence-corrected chi connectivity index (χ1v) is 10.4. The fourth-order valence-electron chi connectivity index (χ4n) is 4.12. The highest BCUT2D eigenvalue weighted by Crippen LogP contribution is 2.34. The van der Waals surface area contributed by atoms with Gasteiger partial charge < -0.3 is 15.2 Å². The fourth-order valence-corrected chi connectivity index (χ4v) is 4.28. The van der Waals surface area contributed by atoms with E-state index in [9.17, 15) is 4.79 Å². The minimum atomic E-state index is -0.448. The van der Waals surface area contributed by atoms with E-state index in [1.165, 1.54) is 0 Å². The lowest BCUT2D eigenvalue weighted by Crippen LogP contribution is -2.44. The summed E-state index contributed by atoms with van der Waals surface area (Å²) in [5.74, 6) is 1.55. The second-order valence-electron chi connectivity index (χ2n) is 7.91. The number of hydrogen-bond donors (Lipinski definition) is 1. The molecule has 1 saturated heterocycles. The number of likely N-dealkylation sites (tertiary alicyclic amines) is 1. The van der Waals surface area contributed by atoms with Gasteiger partial charge in [0.1, 0.15) is 18.4 Å². The Morgan fingerprint density at radius 3 is 2.79 bits per heavy atom. The highest BCUT2D eigenvalue weighted by molar-refractivity contribution is 6.30. The summed E-state index contributed by atoms with van der Waals surface area (Å²) in [5.41, 5.74) is 7.70. The molecule has 0 spiro atoms. The number of pyridine rings is 1. The maximum Gasteiger partial charge on any atom is 0.267 e. The summed E-state index contributed by atoms with van der Waals surface area (Å²) < 4.78 is 11.9. The maximum atomic E-state index is 11.7. The number of nitrogens with zero attached hydrogens (tertiary/aromatic N) is 2. The smallest absolute Gasteiger partial charge is 0.267 e. The van der Waals surface area contributed by atoms with E-state index in [4.69, 9.17) is 26.8 Å². The number of piperidine rings is 1. The summed E-state index contributed by atoms with van der Waals surface area (Å²) in [6, 6.07) is 9.40. The van der Waals surface area contributed by atoms with E-state index in [1.54, 1.807) is 6.07 Å². The summed E-state index contributed by atoms with van der Waals surface area (Å²) in [5, 5.41) is 0.648. The highest BCUT2D eigenvalue weighted by Gasteiger charge is 2.27. The van der Waals surface area contributed by atoms with E-state index in [0.29, 0.717) is 23.2 Å². The molecule has 2 N–H and O–H groups in total. The Morgan fingerprint density at radius 1 is 1.24 bits per heavy atom. The Balaban J connectivity index is 1.30. The van der Waals surface area contributed by atoms with Gasteiger partial charge in [0.25, 0.3) is 5.91 Å². The SMILES string of the molecule is Cc1ccc(CC2CCN(CC3COc4ccc(Cl)cc4O3)CC2)c(C(N)=O)n1.